The minimum Gasteiger partial charge on any atom is -0.354 e. The molecule has 2 heterocycles. The van der Waals surface area contributed by atoms with Gasteiger partial charge in [-0.05, 0) is 30.0 Å². The molecule has 16 heavy (non-hydrogen) atoms. The van der Waals surface area contributed by atoms with Gasteiger partial charge in [-0.1, -0.05) is 6.07 Å². The molecule has 0 amide bonds. The van der Waals surface area contributed by atoms with Crippen LogP contribution in [0.25, 0.3) is 0 Å². The van der Waals surface area contributed by atoms with Crippen molar-refractivity contribution in [2.24, 2.45) is 0 Å². The average molecular weight is 254 g/mol. The fourth-order valence-corrected chi connectivity index (χ4v) is 2.41. The van der Waals surface area contributed by atoms with Gasteiger partial charge in [-0.15, -0.1) is 11.3 Å². The lowest BCUT2D eigenvalue weighted by atomic mass is 10.4. The lowest BCUT2D eigenvalue weighted by molar-refractivity contribution is 0.899. The summed E-state index contributed by atoms with van der Waals surface area (Å²) in [6.07, 6.45) is 0. The summed E-state index contributed by atoms with van der Waals surface area (Å²) in [6.45, 7) is 2.75. The third kappa shape index (κ3) is 2.71. The highest BCUT2D eigenvalue weighted by Crippen LogP contribution is 2.18. The van der Waals surface area contributed by atoms with Crippen LogP contribution in [0.4, 0.5) is 5.82 Å². The molecule has 0 saturated carbocycles. The molecule has 0 unspecified atom stereocenters. The monoisotopic (exact) mass is 253 g/mol. The SMILES string of the molecule is Cc1cc(N(C)Cc2cccs2)nc(Cl)n1. The zero-order chi connectivity index (χ0) is 11.5. The number of rotatable bonds is 3. The Morgan fingerprint density at radius 1 is 1.44 bits per heavy atom. The number of aryl methyl sites for hydroxylation is 1. The first-order valence-electron chi connectivity index (χ1n) is 4.90. The third-order valence-electron chi connectivity index (χ3n) is 2.18. The summed E-state index contributed by atoms with van der Waals surface area (Å²) in [4.78, 5) is 11.6. The molecule has 5 heteroatoms. The molecule has 0 radical (unpaired) electrons. The van der Waals surface area contributed by atoms with Crippen LogP contribution in [0.5, 0.6) is 0 Å². The first kappa shape index (κ1) is 11.4. The standard InChI is InChI=1S/C11H12ClN3S/c1-8-6-10(14-11(12)13-8)15(2)7-9-4-3-5-16-9/h3-6H,7H2,1-2H3. The summed E-state index contributed by atoms with van der Waals surface area (Å²) >= 11 is 7.57. The smallest absolute Gasteiger partial charge is 0.224 e. The van der Waals surface area contributed by atoms with Gasteiger partial charge in [0.2, 0.25) is 5.28 Å². The van der Waals surface area contributed by atoms with Crippen LogP contribution in [0.3, 0.4) is 0 Å². The van der Waals surface area contributed by atoms with Crippen LogP contribution in [-0.4, -0.2) is 17.0 Å². The van der Waals surface area contributed by atoms with E-state index in [0.717, 1.165) is 18.1 Å². The second-order valence-corrected chi connectivity index (χ2v) is 4.94. The van der Waals surface area contributed by atoms with Crippen LogP contribution < -0.4 is 4.90 Å². The van der Waals surface area contributed by atoms with Crippen molar-refractivity contribution in [2.45, 2.75) is 13.5 Å². The normalized spacial score (nSPS) is 10.4. The molecular formula is C11H12ClN3S. The molecular weight excluding hydrogens is 242 g/mol. The third-order valence-corrected chi connectivity index (χ3v) is 3.21. The summed E-state index contributed by atoms with van der Waals surface area (Å²) in [6, 6.07) is 6.09. The zero-order valence-corrected chi connectivity index (χ0v) is 10.7. The molecule has 2 rings (SSSR count). The van der Waals surface area contributed by atoms with E-state index in [-0.39, 0.29) is 0 Å². The average Bonchev–Trinajstić information content (AvgIpc) is 2.68. The van der Waals surface area contributed by atoms with E-state index in [9.17, 15) is 0 Å². The van der Waals surface area contributed by atoms with Gasteiger partial charge in [0.25, 0.3) is 0 Å². The summed E-state index contributed by atoms with van der Waals surface area (Å²) in [5, 5.41) is 2.37. The summed E-state index contributed by atoms with van der Waals surface area (Å²) in [5.41, 5.74) is 0.882. The number of thiophene rings is 1. The quantitative estimate of drug-likeness (QED) is 0.787. The molecule has 0 N–H and O–H groups in total. The van der Waals surface area contributed by atoms with Crippen molar-refractivity contribution in [1.82, 2.24) is 9.97 Å². The van der Waals surface area contributed by atoms with Gasteiger partial charge in [0.1, 0.15) is 5.82 Å². The molecule has 0 spiro atoms. The van der Waals surface area contributed by atoms with Crippen molar-refractivity contribution in [3.05, 3.63) is 39.4 Å². The van der Waals surface area contributed by atoms with E-state index in [1.807, 2.05) is 26.1 Å². The van der Waals surface area contributed by atoms with Crippen molar-refractivity contribution in [3.63, 3.8) is 0 Å². The maximum Gasteiger partial charge on any atom is 0.224 e. The number of halogens is 1. The Balaban J connectivity index is 2.17. The van der Waals surface area contributed by atoms with Crippen LogP contribution in [-0.2, 0) is 6.54 Å². The van der Waals surface area contributed by atoms with E-state index in [1.165, 1.54) is 4.88 Å². The summed E-state index contributed by atoms with van der Waals surface area (Å²) < 4.78 is 0. The van der Waals surface area contributed by atoms with Crippen LogP contribution in [0.1, 0.15) is 10.6 Å². The topological polar surface area (TPSA) is 29.0 Å². The van der Waals surface area contributed by atoms with E-state index < -0.39 is 0 Å². The van der Waals surface area contributed by atoms with Crippen LogP contribution in [0, 0.1) is 6.92 Å². The molecule has 0 saturated heterocycles. The Morgan fingerprint density at radius 2 is 2.25 bits per heavy atom. The molecule has 0 aliphatic heterocycles. The second-order valence-electron chi connectivity index (χ2n) is 3.57. The Hall–Kier alpha value is -1.13. The van der Waals surface area contributed by atoms with E-state index in [2.05, 4.69) is 26.3 Å². The van der Waals surface area contributed by atoms with Crippen molar-refractivity contribution in [2.75, 3.05) is 11.9 Å². The van der Waals surface area contributed by atoms with Gasteiger partial charge in [-0.3, -0.25) is 0 Å². The fraction of sp³-hybridized carbons (Fsp3) is 0.273. The van der Waals surface area contributed by atoms with Gasteiger partial charge in [-0.25, -0.2) is 9.97 Å². The maximum atomic E-state index is 5.83. The first-order valence-corrected chi connectivity index (χ1v) is 6.15. The Labute approximate surface area is 104 Å². The maximum absolute atomic E-state index is 5.83. The van der Waals surface area contributed by atoms with Crippen LogP contribution >= 0.6 is 22.9 Å². The highest BCUT2D eigenvalue weighted by molar-refractivity contribution is 7.09. The second kappa shape index (κ2) is 4.80. The minimum absolute atomic E-state index is 0.299. The van der Waals surface area contributed by atoms with E-state index in [0.29, 0.717) is 5.28 Å². The largest absolute Gasteiger partial charge is 0.354 e. The predicted molar refractivity (Wildman–Crippen MR) is 68.2 cm³/mol. The lowest BCUT2D eigenvalue weighted by Gasteiger charge is -2.17. The minimum atomic E-state index is 0.299. The van der Waals surface area contributed by atoms with Crippen molar-refractivity contribution < 1.29 is 0 Å². The molecule has 0 aliphatic rings. The molecule has 2 aromatic heterocycles. The van der Waals surface area contributed by atoms with Gasteiger partial charge in [0.15, 0.2) is 0 Å². The van der Waals surface area contributed by atoms with Crippen molar-refractivity contribution >= 4 is 28.8 Å². The van der Waals surface area contributed by atoms with Crippen molar-refractivity contribution in [1.29, 1.82) is 0 Å². The molecule has 84 valence electrons. The Kier molecular flexibility index (Phi) is 3.41. The fourth-order valence-electron chi connectivity index (χ4n) is 1.43. The van der Waals surface area contributed by atoms with Gasteiger partial charge in [-0.2, -0.15) is 0 Å². The first-order chi connectivity index (χ1) is 7.65. The molecule has 0 bridgehead atoms. The number of nitrogens with zero attached hydrogens (tertiary/aromatic N) is 3. The molecule has 2 aromatic rings. The van der Waals surface area contributed by atoms with Crippen LogP contribution in [0.2, 0.25) is 5.28 Å². The molecule has 3 nitrogen and oxygen atoms in total. The highest BCUT2D eigenvalue weighted by atomic mass is 35.5. The van der Waals surface area contributed by atoms with Crippen LogP contribution in [0.15, 0.2) is 23.6 Å². The van der Waals surface area contributed by atoms with Gasteiger partial charge < -0.3 is 4.90 Å². The Morgan fingerprint density at radius 3 is 2.88 bits per heavy atom. The highest BCUT2D eigenvalue weighted by Gasteiger charge is 2.06. The number of hydrogen-bond donors (Lipinski definition) is 0. The van der Waals surface area contributed by atoms with Gasteiger partial charge in [0.05, 0.1) is 6.54 Å². The number of aromatic nitrogens is 2. The van der Waals surface area contributed by atoms with Crippen molar-refractivity contribution in [3.8, 4) is 0 Å². The number of anilines is 1. The summed E-state index contributed by atoms with van der Waals surface area (Å²) in [7, 11) is 2.00. The van der Waals surface area contributed by atoms with Gasteiger partial charge in [0, 0.05) is 23.7 Å². The molecule has 0 aromatic carbocycles. The summed E-state index contributed by atoms with van der Waals surface area (Å²) in [5.74, 6) is 0.853. The molecule has 0 aliphatic carbocycles. The lowest BCUT2D eigenvalue weighted by Crippen LogP contribution is -2.17. The van der Waals surface area contributed by atoms with E-state index >= 15 is 0 Å². The Bertz CT molecular complexity index is 450. The van der Waals surface area contributed by atoms with E-state index in [1.54, 1.807) is 11.3 Å². The van der Waals surface area contributed by atoms with E-state index in [4.69, 9.17) is 11.6 Å². The van der Waals surface area contributed by atoms with Gasteiger partial charge >= 0.3 is 0 Å². The molecule has 0 atom stereocenters. The predicted octanol–water partition coefficient (Wildman–Crippen LogP) is 3.14. The molecule has 0 fully saturated rings. The number of hydrogen-bond acceptors (Lipinski definition) is 4. The zero-order valence-electron chi connectivity index (χ0n) is 9.14.